The molecule has 0 fully saturated rings. The van der Waals surface area contributed by atoms with Gasteiger partial charge in [0, 0.05) is 22.7 Å². The minimum atomic E-state index is -4.23. The number of halogens is 4. The molecule has 0 saturated heterocycles. The van der Waals surface area contributed by atoms with E-state index in [1.54, 1.807) is 32.0 Å². The van der Waals surface area contributed by atoms with E-state index in [0.29, 0.717) is 11.3 Å². The number of alkyl halides is 3. The Morgan fingerprint density at radius 2 is 1.94 bits per heavy atom. The minimum absolute atomic E-state index is 0.204. The summed E-state index contributed by atoms with van der Waals surface area (Å²) in [6.45, 7) is 2.69. The molecule has 0 aliphatic heterocycles. The van der Waals surface area contributed by atoms with Crippen molar-refractivity contribution in [3.05, 3.63) is 28.2 Å². The zero-order valence-electron chi connectivity index (χ0n) is 10.3. The third-order valence-corrected chi connectivity index (χ3v) is 3.04. The summed E-state index contributed by atoms with van der Waals surface area (Å²) in [5, 5.41) is 0. The number of nitrogens with two attached hydrogens (primary N) is 1. The van der Waals surface area contributed by atoms with Gasteiger partial charge in [0.25, 0.3) is 0 Å². The van der Waals surface area contributed by atoms with Crippen LogP contribution in [0.5, 0.6) is 0 Å². The van der Waals surface area contributed by atoms with E-state index in [0.717, 1.165) is 4.47 Å². The second-order valence-corrected chi connectivity index (χ2v) is 5.23. The number of benzene rings is 1. The molecule has 1 aromatic carbocycles. The first-order valence-electron chi connectivity index (χ1n) is 5.56. The Hall–Kier alpha value is -0.750. The van der Waals surface area contributed by atoms with Gasteiger partial charge in [0.2, 0.25) is 0 Å². The molecule has 2 N–H and O–H groups in total. The van der Waals surface area contributed by atoms with Gasteiger partial charge in [-0.05, 0) is 37.6 Å². The molecule has 1 aromatic rings. The van der Waals surface area contributed by atoms with Crippen molar-refractivity contribution >= 4 is 21.6 Å². The van der Waals surface area contributed by atoms with E-state index in [9.17, 15) is 13.2 Å². The average molecular weight is 325 g/mol. The van der Waals surface area contributed by atoms with Crippen molar-refractivity contribution in [3.63, 3.8) is 0 Å². The molecule has 0 unspecified atom stereocenters. The van der Waals surface area contributed by atoms with Gasteiger partial charge in [-0.3, -0.25) is 0 Å². The second-order valence-electron chi connectivity index (χ2n) is 4.31. The van der Waals surface area contributed by atoms with E-state index in [4.69, 9.17) is 5.73 Å². The number of hydrogen-bond donors (Lipinski definition) is 1. The van der Waals surface area contributed by atoms with Crippen LogP contribution in [-0.2, 0) is 6.54 Å². The lowest BCUT2D eigenvalue weighted by Gasteiger charge is -2.31. The first-order chi connectivity index (χ1) is 8.24. The maximum Gasteiger partial charge on any atom is 0.405 e. The van der Waals surface area contributed by atoms with Gasteiger partial charge in [0.15, 0.2) is 0 Å². The molecule has 0 aliphatic carbocycles. The van der Waals surface area contributed by atoms with E-state index >= 15 is 0 Å². The van der Waals surface area contributed by atoms with Gasteiger partial charge in [-0.2, -0.15) is 13.2 Å². The topological polar surface area (TPSA) is 29.3 Å². The van der Waals surface area contributed by atoms with Crippen LogP contribution in [0, 0.1) is 0 Å². The molecule has 0 heterocycles. The fourth-order valence-electron chi connectivity index (χ4n) is 1.74. The molecular weight excluding hydrogens is 309 g/mol. The molecule has 1 rings (SSSR count). The minimum Gasteiger partial charge on any atom is -0.360 e. The van der Waals surface area contributed by atoms with E-state index < -0.39 is 12.7 Å². The number of nitrogens with zero attached hydrogens (tertiary/aromatic N) is 1. The lowest BCUT2D eigenvalue weighted by Crippen LogP contribution is -2.39. The lowest BCUT2D eigenvalue weighted by atomic mass is 10.1. The SMILES string of the molecule is CC(C)N(CC(F)(F)F)c1ccc(Br)cc1CN. The molecular formula is C12H16BrF3N2. The monoisotopic (exact) mass is 324 g/mol. The third kappa shape index (κ3) is 4.17. The van der Waals surface area contributed by atoms with Crippen molar-refractivity contribution in [2.24, 2.45) is 5.73 Å². The number of rotatable bonds is 4. The van der Waals surface area contributed by atoms with E-state index in [1.165, 1.54) is 4.90 Å². The fraction of sp³-hybridized carbons (Fsp3) is 0.500. The highest BCUT2D eigenvalue weighted by Gasteiger charge is 2.32. The first kappa shape index (κ1) is 15.3. The van der Waals surface area contributed by atoms with Crippen molar-refractivity contribution in [1.29, 1.82) is 0 Å². The van der Waals surface area contributed by atoms with Crippen LogP contribution in [-0.4, -0.2) is 18.8 Å². The van der Waals surface area contributed by atoms with Crippen molar-refractivity contribution < 1.29 is 13.2 Å². The Bertz CT molecular complexity index is 405. The van der Waals surface area contributed by atoms with E-state index in [2.05, 4.69) is 15.9 Å². The Balaban J connectivity index is 3.13. The first-order valence-corrected chi connectivity index (χ1v) is 6.36. The molecule has 6 heteroatoms. The van der Waals surface area contributed by atoms with Gasteiger partial charge in [0.1, 0.15) is 6.54 Å². The van der Waals surface area contributed by atoms with Crippen LogP contribution in [0.2, 0.25) is 0 Å². The van der Waals surface area contributed by atoms with Gasteiger partial charge in [-0.15, -0.1) is 0 Å². The highest BCUT2D eigenvalue weighted by molar-refractivity contribution is 9.10. The molecule has 102 valence electrons. The van der Waals surface area contributed by atoms with Crippen molar-refractivity contribution in [3.8, 4) is 0 Å². The van der Waals surface area contributed by atoms with Crippen LogP contribution in [0.25, 0.3) is 0 Å². The van der Waals surface area contributed by atoms with Crippen LogP contribution < -0.4 is 10.6 Å². The summed E-state index contributed by atoms with van der Waals surface area (Å²) in [6.07, 6.45) is -4.23. The smallest absolute Gasteiger partial charge is 0.360 e. The average Bonchev–Trinajstić information content (AvgIpc) is 2.24. The standard InChI is InChI=1S/C12H16BrF3N2/c1-8(2)18(7-12(14,15)16)11-4-3-10(13)5-9(11)6-17/h3-5,8H,6-7,17H2,1-2H3. The summed E-state index contributed by atoms with van der Waals surface area (Å²) in [4.78, 5) is 1.31. The predicted molar refractivity (Wildman–Crippen MR) is 70.6 cm³/mol. The van der Waals surface area contributed by atoms with Crippen LogP contribution >= 0.6 is 15.9 Å². The van der Waals surface area contributed by atoms with Crippen molar-refractivity contribution in [2.45, 2.75) is 32.6 Å². The maximum absolute atomic E-state index is 12.6. The summed E-state index contributed by atoms with van der Waals surface area (Å²) in [5.74, 6) is 0. The summed E-state index contributed by atoms with van der Waals surface area (Å²) in [5.41, 5.74) is 6.82. The number of hydrogen-bond acceptors (Lipinski definition) is 2. The second kappa shape index (κ2) is 5.93. The normalized spacial score (nSPS) is 12.0. The Morgan fingerprint density at radius 1 is 1.33 bits per heavy atom. The van der Waals surface area contributed by atoms with E-state index in [-0.39, 0.29) is 12.6 Å². The lowest BCUT2D eigenvalue weighted by molar-refractivity contribution is -0.120. The zero-order chi connectivity index (χ0) is 13.9. The van der Waals surface area contributed by atoms with Crippen LogP contribution in [0.3, 0.4) is 0 Å². The summed E-state index contributed by atoms with van der Waals surface area (Å²) in [7, 11) is 0. The Kier molecular flexibility index (Phi) is 5.04. The molecule has 18 heavy (non-hydrogen) atoms. The molecule has 0 atom stereocenters. The highest BCUT2D eigenvalue weighted by atomic mass is 79.9. The summed E-state index contributed by atoms with van der Waals surface area (Å²) in [6, 6.07) is 4.89. The predicted octanol–water partition coefficient (Wildman–Crippen LogP) is 3.68. The third-order valence-electron chi connectivity index (χ3n) is 2.54. The Morgan fingerprint density at radius 3 is 2.39 bits per heavy atom. The van der Waals surface area contributed by atoms with Gasteiger partial charge in [-0.25, -0.2) is 0 Å². The van der Waals surface area contributed by atoms with Crippen LogP contribution in [0.15, 0.2) is 22.7 Å². The van der Waals surface area contributed by atoms with Gasteiger partial charge in [-0.1, -0.05) is 15.9 Å². The zero-order valence-corrected chi connectivity index (χ0v) is 11.8. The molecule has 0 aliphatic rings. The number of anilines is 1. The Labute approximate surface area is 113 Å². The van der Waals surface area contributed by atoms with Gasteiger partial charge < -0.3 is 10.6 Å². The van der Waals surface area contributed by atoms with Crippen LogP contribution in [0.1, 0.15) is 19.4 Å². The summed E-state index contributed by atoms with van der Waals surface area (Å²) >= 11 is 3.29. The molecule has 0 bridgehead atoms. The van der Waals surface area contributed by atoms with Crippen LogP contribution in [0.4, 0.5) is 18.9 Å². The fourth-order valence-corrected chi connectivity index (χ4v) is 2.15. The quantitative estimate of drug-likeness (QED) is 0.915. The van der Waals surface area contributed by atoms with Crippen molar-refractivity contribution in [1.82, 2.24) is 0 Å². The molecule has 0 amide bonds. The highest BCUT2D eigenvalue weighted by Crippen LogP contribution is 2.29. The molecule has 0 spiro atoms. The maximum atomic E-state index is 12.6. The van der Waals surface area contributed by atoms with Crippen molar-refractivity contribution in [2.75, 3.05) is 11.4 Å². The molecule has 2 nitrogen and oxygen atoms in total. The molecule has 0 radical (unpaired) electrons. The van der Waals surface area contributed by atoms with Gasteiger partial charge in [0.05, 0.1) is 0 Å². The largest absolute Gasteiger partial charge is 0.405 e. The molecule has 0 aromatic heterocycles. The van der Waals surface area contributed by atoms with Gasteiger partial charge >= 0.3 is 6.18 Å². The molecule has 0 saturated carbocycles. The van der Waals surface area contributed by atoms with E-state index in [1.807, 2.05) is 0 Å². The summed E-state index contributed by atoms with van der Waals surface area (Å²) < 4.78 is 38.6.